The number of nitrogens with one attached hydrogen (secondary N) is 1. The Hall–Kier alpha value is -1.03. The molecular weight excluding hydrogens is 266 g/mol. The average molecular weight is 284 g/mol. The van der Waals surface area contributed by atoms with E-state index in [-0.39, 0.29) is 0 Å². The summed E-state index contributed by atoms with van der Waals surface area (Å²) in [6, 6.07) is 4.12. The molecule has 0 aliphatic heterocycles. The van der Waals surface area contributed by atoms with Crippen molar-refractivity contribution < 1.29 is 0 Å². The Morgan fingerprint density at radius 1 is 1.38 bits per heavy atom. The molecule has 1 rings (SSSR count). The Bertz CT molecular complexity index is 376. The van der Waals surface area contributed by atoms with Crippen LogP contribution in [0.4, 0.5) is 5.69 Å². The number of benzene rings is 1. The topological polar surface area (TPSA) is 50.4 Å². The van der Waals surface area contributed by atoms with Gasteiger partial charge in [-0.15, -0.1) is 0 Å². The molecule has 0 radical (unpaired) electrons. The minimum atomic E-state index is 0.482. The molecule has 1 aromatic rings. The Balaban J connectivity index is 2.89. The van der Waals surface area contributed by atoms with Crippen LogP contribution in [0.2, 0.25) is 0 Å². The van der Waals surface area contributed by atoms with E-state index < -0.39 is 0 Å². The van der Waals surface area contributed by atoms with E-state index in [4.69, 9.17) is 5.73 Å². The minimum absolute atomic E-state index is 0.482. The SMILES string of the molecule is CCCN=C(N)Nc1c(C)cc(Br)cc1C. The highest BCUT2D eigenvalue weighted by Gasteiger charge is 2.04. The van der Waals surface area contributed by atoms with Gasteiger partial charge in [0.05, 0.1) is 0 Å². The summed E-state index contributed by atoms with van der Waals surface area (Å²) in [5.41, 5.74) is 9.15. The molecule has 16 heavy (non-hydrogen) atoms. The van der Waals surface area contributed by atoms with E-state index >= 15 is 0 Å². The molecule has 0 spiro atoms. The number of aryl methyl sites for hydroxylation is 2. The van der Waals surface area contributed by atoms with Gasteiger partial charge in [-0.25, -0.2) is 0 Å². The van der Waals surface area contributed by atoms with E-state index in [1.54, 1.807) is 0 Å². The van der Waals surface area contributed by atoms with Crippen LogP contribution in [0.15, 0.2) is 21.6 Å². The van der Waals surface area contributed by atoms with Crippen molar-refractivity contribution in [3.05, 3.63) is 27.7 Å². The molecular formula is C12H18BrN3. The van der Waals surface area contributed by atoms with Gasteiger partial charge in [0.1, 0.15) is 0 Å². The number of hydrogen-bond acceptors (Lipinski definition) is 1. The summed E-state index contributed by atoms with van der Waals surface area (Å²) in [6.45, 7) is 6.93. The molecule has 3 N–H and O–H groups in total. The van der Waals surface area contributed by atoms with Gasteiger partial charge in [0.15, 0.2) is 5.96 Å². The predicted molar refractivity (Wildman–Crippen MR) is 74.0 cm³/mol. The zero-order valence-electron chi connectivity index (χ0n) is 9.97. The lowest BCUT2D eigenvalue weighted by atomic mass is 10.1. The maximum absolute atomic E-state index is 5.79. The summed E-state index contributed by atoms with van der Waals surface area (Å²) in [4.78, 5) is 4.21. The molecule has 4 heteroatoms. The molecule has 0 aliphatic rings. The summed E-state index contributed by atoms with van der Waals surface area (Å²) in [5.74, 6) is 0.482. The molecule has 0 aromatic heterocycles. The lowest BCUT2D eigenvalue weighted by Gasteiger charge is -2.12. The van der Waals surface area contributed by atoms with Crippen molar-refractivity contribution >= 4 is 27.6 Å². The van der Waals surface area contributed by atoms with Gasteiger partial charge >= 0.3 is 0 Å². The summed E-state index contributed by atoms with van der Waals surface area (Å²) in [6.07, 6.45) is 1.00. The van der Waals surface area contributed by atoms with Gasteiger partial charge in [-0.05, 0) is 43.5 Å². The molecule has 0 saturated carbocycles. The number of anilines is 1. The van der Waals surface area contributed by atoms with Crippen molar-refractivity contribution in [1.82, 2.24) is 0 Å². The van der Waals surface area contributed by atoms with Gasteiger partial charge in [0.25, 0.3) is 0 Å². The third-order valence-corrected chi connectivity index (χ3v) is 2.71. The van der Waals surface area contributed by atoms with Crippen LogP contribution >= 0.6 is 15.9 Å². The van der Waals surface area contributed by atoms with Crippen LogP contribution in [0, 0.1) is 13.8 Å². The van der Waals surface area contributed by atoms with Crippen LogP contribution in [0.25, 0.3) is 0 Å². The van der Waals surface area contributed by atoms with Gasteiger partial charge < -0.3 is 11.1 Å². The Morgan fingerprint density at radius 3 is 2.44 bits per heavy atom. The number of guanidine groups is 1. The Labute approximate surface area is 105 Å². The molecule has 1 aromatic carbocycles. The number of nitrogens with two attached hydrogens (primary N) is 1. The highest BCUT2D eigenvalue weighted by atomic mass is 79.9. The zero-order valence-corrected chi connectivity index (χ0v) is 11.6. The molecule has 88 valence electrons. The van der Waals surface area contributed by atoms with E-state index in [0.29, 0.717) is 5.96 Å². The summed E-state index contributed by atoms with van der Waals surface area (Å²) >= 11 is 3.47. The maximum Gasteiger partial charge on any atom is 0.193 e. The van der Waals surface area contributed by atoms with Gasteiger partial charge in [-0.3, -0.25) is 4.99 Å². The highest BCUT2D eigenvalue weighted by Crippen LogP contribution is 2.24. The van der Waals surface area contributed by atoms with Gasteiger partial charge in [0, 0.05) is 16.7 Å². The summed E-state index contributed by atoms with van der Waals surface area (Å²) in [5, 5.41) is 3.15. The Kier molecular flexibility index (Phi) is 4.80. The van der Waals surface area contributed by atoms with E-state index in [9.17, 15) is 0 Å². The van der Waals surface area contributed by atoms with Crippen molar-refractivity contribution in [3.63, 3.8) is 0 Å². The van der Waals surface area contributed by atoms with Crippen LogP contribution in [-0.2, 0) is 0 Å². The van der Waals surface area contributed by atoms with Crippen LogP contribution in [-0.4, -0.2) is 12.5 Å². The summed E-state index contributed by atoms with van der Waals surface area (Å²) in [7, 11) is 0. The first-order valence-corrected chi connectivity index (χ1v) is 6.17. The molecule has 0 aliphatic carbocycles. The van der Waals surface area contributed by atoms with Gasteiger partial charge in [-0.1, -0.05) is 22.9 Å². The van der Waals surface area contributed by atoms with Gasteiger partial charge in [-0.2, -0.15) is 0 Å². The van der Waals surface area contributed by atoms with Crippen molar-refractivity contribution in [2.45, 2.75) is 27.2 Å². The largest absolute Gasteiger partial charge is 0.370 e. The van der Waals surface area contributed by atoms with Crippen molar-refractivity contribution in [1.29, 1.82) is 0 Å². The zero-order chi connectivity index (χ0) is 12.1. The average Bonchev–Trinajstić information content (AvgIpc) is 2.20. The molecule has 0 amide bonds. The highest BCUT2D eigenvalue weighted by molar-refractivity contribution is 9.10. The lowest BCUT2D eigenvalue weighted by molar-refractivity contribution is 0.929. The lowest BCUT2D eigenvalue weighted by Crippen LogP contribution is -2.23. The fourth-order valence-corrected chi connectivity index (χ4v) is 2.19. The normalized spacial score (nSPS) is 11.6. The van der Waals surface area contributed by atoms with Crippen LogP contribution in [0.5, 0.6) is 0 Å². The quantitative estimate of drug-likeness (QED) is 0.661. The third-order valence-electron chi connectivity index (χ3n) is 2.26. The molecule has 0 heterocycles. The second kappa shape index (κ2) is 5.89. The standard InChI is InChI=1S/C12H18BrN3/c1-4-5-15-12(14)16-11-8(2)6-10(13)7-9(11)3/h6-7H,4-5H2,1-3H3,(H3,14,15,16). The minimum Gasteiger partial charge on any atom is -0.370 e. The van der Waals surface area contributed by atoms with E-state index in [2.05, 4.69) is 45.3 Å². The maximum atomic E-state index is 5.79. The van der Waals surface area contributed by atoms with Gasteiger partial charge in [0.2, 0.25) is 0 Å². The fraction of sp³-hybridized carbons (Fsp3) is 0.417. The molecule has 0 atom stereocenters. The number of aliphatic imine (C=N–C) groups is 1. The first-order chi connectivity index (χ1) is 7.54. The molecule has 0 bridgehead atoms. The molecule has 0 fully saturated rings. The van der Waals surface area contributed by atoms with Crippen LogP contribution < -0.4 is 11.1 Å². The van der Waals surface area contributed by atoms with Crippen molar-refractivity contribution in [2.24, 2.45) is 10.7 Å². The molecule has 3 nitrogen and oxygen atoms in total. The van der Waals surface area contributed by atoms with E-state index in [1.807, 2.05) is 13.8 Å². The first-order valence-electron chi connectivity index (χ1n) is 5.38. The Morgan fingerprint density at radius 2 is 1.94 bits per heavy atom. The number of hydrogen-bond donors (Lipinski definition) is 2. The van der Waals surface area contributed by atoms with Crippen molar-refractivity contribution in [2.75, 3.05) is 11.9 Å². The number of nitrogens with zero attached hydrogens (tertiary/aromatic N) is 1. The first kappa shape index (κ1) is 13.0. The van der Waals surface area contributed by atoms with Crippen molar-refractivity contribution in [3.8, 4) is 0 Å². The second-order valence-corrected chi connectivity index (χ2v) is 4.72. The van der Waals surface area contributed by atoms with Crippen LogP contribution in [0.3, 0.4) is 0 Å². The smallest absolute Gasteiger partial charge is 0.193 e. The second-order valence-electron chi connectivity index (χ2n) is 3.81. The monoisotopic (exact) mass is 283 g/mol. The molecule has 0 unspecified atom stereocenters. The van der Waals surface area contributed by atoms with E-state index in [1.165, 1.54) is 0 Å². The summed E-state index contributed by atoms with van der Waals surface area (Å²) < 4.78 is 1.08. The number of rotatable bonds is 3. The fourth-order valence-electron chi connectivity index (χ4n) is 1.51. The molecule has 0 saturated heterocycles. The third kappa shape index (κ3) is 3.52. The number of halogens is 1. The predicted octanol–water partition coefficient (Wildman–Crippen LogP) is 3.20. The van der Waals surface area contributed by atoms with E-state index in [0.717, 1.165) is 34.3 Å². The van der Waals surface area contributed by atoms with Crippen LogP contribution in [0.1, 0.15) is 24.5 Å².